The Morgan fingerprint density at radius 2 is 2.16 bits per heavy atom. The molecule has 0 fully saturated rings. The van der Waals surface area contributed by atoms with Gasteiger partial charge in [-0.1, -0.05) is 23.4 Å². The highest BCUT2D eigenvalue weighted by Crippen LogP contribution is 2.10. The molecule has 0 spiro atoms. The van der Waals surface area contributed by atoms with E-state index in [9.17, 15) is 4.79 Å². The number of hydrogen-bond donors (Lipinski definition) is 1. The van der Waals surface area contributed by atoms with Crippen LogP contribution < -0.4 is 10.1 Å². The van der Waals surface area contributed by atoms with Crippen LogP contribution in [0.25, 0.3) is 0 Å². The van der Waals surface area contributed by atoms with E-state index in [4.69, 9.17) is 9.26 Å². The number of nitrogens with zero attached hydrogens (tertiary/aromatic N) is 2. The molecular formula is C13H15N3O3. The fraction of sp³-hybridized carbons (Fsp3) is 0.308. The third kappa shape index (κ3) is 3.80. The molecule has 2 aromatic rings. The third-order valence-corrected chi connectivity index (χ3v) is 2.41. The smallest absolute Gasteiger partial charge is 0.261 e. The molecule has 0 radical (unpaired) electrons. The van der Waals surface area contributed by atoms with Crippen LogP contribution in [0.2, 0.25) is 0 Å². The molecule has 0 unspecified atom stereocenters. The zero-order valence-electron chi connectivity index (χ0n) is 10.8. The van der Waals surface area contributed by atoms with E-state index in [1.54, 1.807) is 26.0 Å². The number of carbonyl (C=O) groups is 1. The normalized spacial score (nSPS) is 11.9. The minimum Gasteiger partial charge on any atom is -0.481 e. The van der Waals surface area contributed by atoms with Crippen molar-refractivity contribution >= 4 is 5.91 Å². The summed E-state index contributed by atoms with van der Waals surface area (Å²) in [6, 6.07) is 9.17. The molecule has 0 aliphatic rings. The van der Waals surface area contributed by atoms with Crippen molar-refractivity contribution in [2.24, 2.45) is 0 Å². The molecule has 0 saturated carbocycles. The van der Waals surface area contributed by atoms with E-state index in [0.29, 0.717) is 17.5 Å². The summed E-state index contributed by atoms with van der Waals surface area (Å²) in [5.74, 6) is 1.33. The highest BCUT2D eigenvalue weighted by molar-refractivity contribution is 5.80. The molecule has 0 saturated heterocycles. The Kier molecular flexibility index (Phi) is 4.12. The fourth-order valence-corrected chi connectivity index (χ4v) is 1.48. The van der Waals surface area contributed by atoms with Crippen molar-refractivity contribution in [3.63, 3.8) is 0 Å². The minimum absolute atomic E-state index is 0.197. The number of aryl methyl sites for hydroxylation is 1. The van der Waals surface area contributed by atoms with Gasteiger partial charge in [-0.2, -0.15) is 4.98 Å². The zero-order valence-corrected chi connectivity index (χ0v) is 10.8. The third-order valence-electron chi connectivity index (χ3n) is 2.41. The second kappa shape index (κ2) is 5.99. The quantitative estimate of drug-likeness (QED) is 0.881. The SMILES string of the molecule is Cc1noc(CNC(=O)[C@H](C)Oc2ccccc2)n1. The van der Waals surface area contributed by atoms with Crippen LogP contribution in [0.15, 0.2) is 34.9 Å². The van der Waals surface area contributed by atoms with Gasteiger partial charge in [0.1, 0.15) is 5.75 Å². The minimum atomic E-state index is -0.591. The second-order valence-corrected chi connectivity index (χ2v) is 4.03. The van der Waals surface area contributed by atoms with Crippen molar-refractivity contribution in [2.45, 2.75) is 26.5 Å². The highest BCUT2D eigenvalue weighted by Gasteiger charge is 2.15. The molecule has 1 atom stereocenters. The molecule has 2 rings (SSSR count). The van der Waals surface area contributed by atoms with Crippen LogP contribution in [0.5, 0.6) is 5.75 Å². The lowest BCUT2D eigenvalue weighted by Gasteiger charge is -2.13. The van der Waals surface area contributed by atoms with E-state index in [2.05, 4.69) is 15.5 Å². The number of aromatic nitrogens is 2. The Labute approximate surface area is 110 Å². The number of ether oxygens (including phenoxy) is 1. The van der Waals surface area contributed by atoms with Gasteiger partial charge < -0.3 is 14.6 Å². The topological polar surface area (TPSA) is 77.2 Å². The van der Waals surface area contributed by atoms with Gasteiger partial charge >= 0.3 is 0 Å². The first-order valence-electron chi connectivity index (χ1n) is 5.94. The van der Waals surface area contributed by atoms with Crippen LogP contribution in [0, 0.1) is 6.92 Å². The van der Waals surface area contributed by atoms with Gasteiger partial charge in [0.15, 0.2) is 11.9 Å². The van der Waals surface area contributed by atoms with Gasteiger partial charge in [-0.05, 0) is 26.0 Å². The first-order chi connectivity index (χ1) is 9.15. The van der Waals surface area contributed by atoms with E-state index in [1.165, 1.54) is 0 Å². The Hall–Kier alpha value is -2.37. The molecule has 6 heteroatoms. The van der Waals surface area contributed by atoms with Crippen LogP contribution >= 0.6 is 0 Å². The Bertz CT molecular complexity index is 539. The van der Waals surface area contributed by atoms with Gasteiger partial charge in [0, 0.05) is 0 Å². The van der Waals surface area contributed by atoms with Crippen molar-refractivity contribution in [1.29, 1.82) is 0 Å². The highest BCUT2D eigenvalue weighted by atomic mass is 16.5. The molecule has 19 heavy (non-hydrogen) atoms. The molecule has 0 aliphatic heterocycles. The van der Waals surface area contributed by atoms with Crippen LogP contribution in [0.4, 0.5) is 0 Å². The van der Waals surface area contributed by atoms with Crippen LogP contribution in [-0.2, 0) is 11.3 Å². The summed E-state index contributed by atoms with van der Waals surface area (Å²) >= 11 is 0. The lowest BCUT2D eigenvalue weighted by molar-refractivity contribution is -0.127. The number of rotatable bonds is 5. The first-order valence-corrected chi connectivity index (χ1v) is 5.94. The van der Waals surface area contributed by atoms with Crippen molar-refractivity contribution < 1.29 is 14.1 Å². The summed E-state index contributed by atoms with van der Waals surface area (Å²) in [6.45, 7) is 3.60. The van der Waals surface area contributed by atoms with E-state index in [-0.39, 0.29) is 12.5 Å². The van der Waals surface area contributed by atoms with Crippen LogP contribution in [0.3, 0.4) is 0 Å². The number of nitrogens with one attached hydrogen (secondary N) is 1. The molecular weight excluding hydrogens is 246 g/mol. The molecule has 0 aliphatic carbocycles. The number of hydrogen-bond acceptors (Lipinski definition) is 5. The maximum Gasteiger partial charge on any atom is 0.261 e. The molecule has 1 amide bonds. The average Bonchev–Trinajstić information content (AvgIpc) is 2.83. The van der Waals surface area contributed by atoms with Gasteiger partial charge in [-0.15, -0.1) is 0 Å². The summed E-state index contributed by atoms with van der Waals surface area (Å²) < 4.78 is 10.4. The zero-order chi connectivity index (χ0) is 13.7. The summed E-state index contributed by atoms with van der Waals surface area (Å²) in [5.41, 5.74) is 0. The van der Waals surface area contributed by atoms with Crippen molar-refractivity contribution in [3.8, 4) is 5.75 Å². The van der Waals surface area contributed by atoms with Gasteiger partial charge in [0.25, 0.3) is 5.91 Å². The van der Waals surface area contributed by atoms with Crippen molar-refractivity contribution in [2.75, 3.05) is 0 Å². The first kappa shape index (κ1) is 13.1. The van der Waals surface area contributed by atoms with E-state index >= 15 is 0 Å². The number of amides is 1. The van der Waals surface area contributed by atoms with Gasteiger partial charge in [-0.3, -0.25) is 4.79 Å². The summed E-state index contributed by atoms with van der Waals surface area (Å²) in [5, 5.41) is 6.31. The average molecular weight is 261 g/mol. The largest absolute Gasteiger partial charge is 0.481 e. The summed E-state index contributed by atoms with van der Waals surface area (Å²) in [7, 11) is 0. The lowest BCUT2D eigenvalue weighted by Crippen LogP contribution is -2.35. The van der Waals surface area contributed by atoms with Crippen molar-refractivity contribution in [1.82, 2.24) is 15.5 Å². The fourth-order valence-electron chi connectivity index (χ4n) is 1.48. The predicted octanol–water partition coefficient (Wildman–Crippen LogP) is 1.46. The van der Waals surface area contributed by atoms with E-state index in [1.807, 2.05) is 18.2 Å². The molecule has 0 bridgehead atoms. The van der Waals surface area contributed by atoms with E-state index in [0.717, 1.165) is 0 Å². The summed E-state index contributed by atoms with van der Waals surface area (Å²) in [4.78, 5) is 15.8. The maximum atomic E-state index is 11.8. The molecule has 1 aromatic carbocycles. The number of carbonyl (C=O) groups excluding carboxylic acids is 1. The van der Waals surface area contributed by atoms with Gasteiger partial charge in [-0.25, -0.2) is 0 Å². The second-order valence-electron chi connectivity index (χ2n) is 4.03. The monoisotopic (exact) mass is 261 g/mol. The Morgan fingerprint density at radius 1 is 1.42 bits per heavy atom. The number of benzene rings is 1. The summed E-state index contributed by atoms with van der Waals surface area (Å²) in [6.07, 6.45) is -0.591. The molecule has 100 valence electrons. The van der Waals surface area contributed by atoms with Crippen molar-refractivity contribution in [3.05, 3.63) is 42.0 Å². The molecule has 1 heterocycles. The van der Waals surface area contributed by atoms with Crippen LogP contribution in [0.1, 0.15) is 18.6 Å². The molecule has 1 N–H and O–H groups in total. The van der Waals surface area contributed by atoms with E-state index < -0.39 is 6.10 Å². The predicted molar refractivity (Wildman–Crippen MR) is 67.4 cm³/mol. The Morgan fingerprint density at radius 3 is 2.79 bits per heavy atom. The Balaban J connectivity index is 1.82. The molecule has 1 aromatic heterocycles. The lowest BCUT2D eigenvalue weighted by atomic mass is 10.3. The standard InChI is InChI=1S/C13H15N3O3/c1-9(18-11-6-4-3-5-7-11)13(17)14-8-12-15-10(2)16-19-12/h3-7,9H,8H2,1-2H3,(H,14,17)/t9-/m0/s1. The van der Waals surface area contributed by atoms with Crippen LogP contribution in [-0.4, -0.2) is 22.2 Å². The molecule has 6 nitrogen and oxygen atoms in total. The number of para-hydroxylation sites is 1. The maximum absolute atomic E-state index is 11.8. The van der Waals surface area contributed by atoms with Gasteiger partial charge in [0.05, 0.1) is 6.54 Å². The van der Waals surface area contributed by atoms with Gasteiger partial charge in [0.2, 0.25) is 5.89 Å².